The Morgan fingerprint density at radius 3 is 1.24 bits per heavy atom. The van der Waals surface area contributed by atoms with Gasteiger partial charge in [0.05, 0.1) is 50.1 Å². The number of hydrogen-bond donors (Lipinski definition) is 1. The summed E-state index contributed by atoms with van der Waals surface area (Å²) in [5.41, 5.74) is -2.65. The first-order valence-electron chi connectivity index (χ1n) is 8.79. The van der Waals surface area contributed by atoms with Crippen molar-refractivity contribution in [3.05, 3.63) is 49.7 Å². The van der Waals surface area contributed by atoms with Gasteiger partial charge in [-0.05, 0) is 5.87 Å². The predicted molar refractivity (Wildman–Crippen MR) is 110 cm³/mol. The largest absolute Gasteiger partial charge is 0.258 e. The van der Waals surface area contributed by atoms with E-state index in [-0.39, 0.29) is 76.9 Å². The standard InChI is InChI=1S/C24HN9/c25-1-10-11(2-26)19-13(4-28)15(6-30)21-17(8-32)18(9-33)22-16(7-31)14(5-29)20(12(10)3-27)23(19)24(21)22/h32H. The van der Waals surface area contributed by atoms with Gasteiger partial charge in [-0.3, -0.25) is 5.41 Å². The Morgan fingerprint density at radius 2 is 0.848 bits per heavy atom. The number of rotatable bonds is 0. The van der Waals surface area contributed by atoms with Crippen LogP contribution in [-0.2, 0) is 0 Å². The van der Waals surface area contributed by atoms with Gasteiger partial charge in [0.1, 0.15) is 48.6 Å². The summed E-state index contributed by atoms with van der Waals surface area (Å²) in [7, 11) is 0. The van der Waals surface area contributed by atoms with E-state index in [0.29, 0.717) is 0 Å². The molecule has 0 aromatic heterocycles. The van der Waals surface area contributed by atoms with Crippen LogP contribution in [0.5, 0.6) is 0 Å². The van der Waals surface area contributed by atoms with Gasteiger partial charge in [-0.15, -0.1) is 0 Å². The molecule has 0 bridgehead atoms. The molecule has 0 saturated carbocycles. The maximum atomic E-state index is 9.92. The van der Waals surface area contributed by atoms with Crippen LogP contribution in [0.4, 0.5) is 0 Å². The Kier molecular flexibility index (Phi) is 4.10. The van der Waals surface area contributed by atoms with Crippen LogP contribution in [0.3, 0.4) is 0 Å². The predicted octanol–water partition coefficient (Wildman–Crippen LogP) is 2.13. The highest BCUT2D eigenvalue weighted by molar-refractivity contribution is 6.32. The van der Waals surface area contributed by atoms with Gasteiger partial charge < -0.3 is 0 Å². The van der Waals surface area contributed by atoms with Crippen molar-refractivity contribution < 1.29 is 0 Å². The summed E-state index contributed by atoms with van der Waals surface area (Å²) in [6, 6.07) is 14.7. The lowest BCUT2D eigenvalue weighted by molar-refractivity contribution is 1.39. The zero-order valence-corrected chi connectivity index (χ0v) is 16.1. The normalized spacial score (nSPS) is 10.7. The van der Waals surface area contributed by atoms with E-state index in [1.807, 2.05) is 42.5 Å². The van der Waals surface area contributed by atoms with E-state index in [2.05, 4.69) is 5.87 Å². The second kappa shape index (κ2) is 6.81. The molecule has 9 heteroatoms. The summed E-state index contributed by atoms with van der Waals surface area (Å²) in [5.74, 6) is 2.09. The zero-order chi connectivity index (χ0) is 24.0. The van der Waals surface area contributed by atoms with E-state index in [1.54, 1.807) is 6.07 Å². The van der Waals surface area contributed by atoms with Gasteiger partial charge in [-0.2, -0.15) is 42.1 Å². The van der Waals surface area contributed by atoms with E-state index in [9.17, 15) is 42.1 Å². The highest BCUT2D eigenvalue weighted by Crippen LogP contribution is 2.46. The molecule has 33 heavy (non-hydrogen) atoms. The van der Waals surface area contributed by atoms with Crippen LogP contribution in [0.15, 0.2) is 0 Å². The molecule has 0 spiro atoms. The van der Waals surface area contributed by atoms with Crippen LogP contribution >= 0.6 is 0 Å². The molecule has 1 N–H and O–H groups in total. The Hall–Kier alpha value is -6.45. The van der Waals surface area contributed by atoms with Crippen LogP contribution in [0.2, 0.25) is 0 Å². The van der Waals surface area contributed by atoms with E-state index in [0.717, 1.165) is 0 Å². The number of allylic oxidation sites excluding steroid dienone is 1. The molecule has 9 nitrogen and oxygen atoms in total. The molecule has 4 rings (SSSR count). The summed E-state index contributed by atoms with van der Waals surface area (Å²) in [6.07, 6.45) is 0. The van der Waals surface area contributed by atoms with Crippen molar-refractivity contribution in [2.45, 2.75) is 0 Å². The van der Waals surface area contributed by atoms with Crippen molar-refractivity contribution in [1.29, 1.82) is 47.5 Å². The molecule has 1 aliphatic carbocycles. The van der Waals surface area contributed by atoms with Crippen LogP contribution in [0, 0.1) is 96.1 Å². The van der Waals surface area contributed by atoms with Crippen LogP contribution in [0.25, 0.3) is 32.7 Å². The van der Waals surface area contributed by atoms with Crippen molar-refractivity contribution in [2.24, 2.45) is 0 Å². The van der Waals surface area contributed by atoms with Crippen molar-refractivity contribution in [3.63, 3.8) is 0 Å². The molecule has 142 valence electrons. The first kappa shape index (κ1) is 19.8. The van der Waals surface area contributed by atoms with Gasteiger partial charge in [0.2, 0.25) is 0 Å². The van der Waals surface area contributed by atoms with E-state index < -0.39 is 5.56 Å². The third-order valence-corrected chi connectivity index (χ3v) is 5.52. The number of nitrogens with one attached hydrogen (secondary N) is 1. The lowest BCUT2D eigenvalue weighted by Gasteiger charge is -2.17. The molecule has 0 amide bonds. The molecule has 0 aliphatic heterocycles. The molecule has 0 fully saturated rings. The van der Waals surface area contributed by atoms with Crippen molar-refractivity contribution in [2.75, 3.05) is 0 Å². The number of nitriles is 8. The van der Waals surface area contributed by atoms with Crippen molar-refractivity contribution >= 4 is 38.6 Å². The van der Waals surface area contributed by atoms with E-state index in [1.165, 1.54) is 0 Å². The molecule has 0 radical (unpaired) electrons. The smallest absolute Gasteiger partial charge is 0.102 e. The Morgan fingerprint density at radius 1 is 0.424 bits per heavy atom. The second-order valence-corrected chi connectivity index (χ2v) is 6.64. The fraction of sp³-hybridized carbons (Fsp3) is 0. The summed E-state index contributed by atoms with van der Waals surface area (Å²) >= 11 is 0. The maximum absolute atomic E-state index is 9.92. The van der Waals surface area contributed by atoms with Gasteiger partial charge in [0, 0.05) is 32.3 Å². The molecule has 0 unspecified atom stereocenters. The van der Waals surface area contributed by atoms with E-state index >= 15 is 0 Å². The van der Waals surface area contributed by atoms with E-state index in [4.69, 9.17) is 5.41 Å². The average Bonchev–Trinajstić information content (AvgIpc) is 3.19. The lowest BCUT2D eigenvalue weighted by atomic mass is 9.80. The fourth-order valence-corrected chi connectivity index (χ4v) is 4.39. The van der Waals surface area contributed by atoms with Gasteiger partial charge in [0.15, 0.2) is 0 Å². The number of nitrogens with zero attached hydrogens (tertiary/aromatic N) is 8. The molecule has 0 atom stereocenters. The topological polar surface area (TPSA) is 214 Å². The first-order valence-corrected chi connectivity index (χ1v) is 8.79. The zero-order valence-electron chi connectivity index (χ0n) is 16.1. The first-order chi connectivity index (χ1) is 16.0. The minimum absolute atomic E-state index is 0.0217. The Balaban J connectivity index is 2.78. The third-order valence-electron chi connectivity index (χ3n) is 5.52. The van der Waals surface area contributed by atoms with Gasteiger partial charge in [-0.25, -0.2) is 0 Å². The Labute approximate surface area is 184 Å². The summed E-state index contributed by atoms with van der Waals surface area (Å²) < 4.78 is 0. The fourth-order valence-electron chi connectivity index (χ4n) is 4.39. The maximum Gasteiger partial charge on any atom is 0.102 e. The van der Waals surface area contributed by atoms with Gasteiger partial charge >= 0.3 is 0 Å². The Bertz CT molecular complexity index is 1960. The lowest BCUT2D eigenvalue weighted by Crippen LogP contribution is -2.14. The second-order valence-electron chi connectivity index (χ2n) is 6.64. The molecule has 3 aromatic carbocycles. The SMILES string of the molecule is N#CC1=c2c(C#N)c(C#N)c3c(C#N)c(C#N)c(C#N)c4c(C#N)c(C#N)c(c2c43)C1=C=N. The van der Waals surface area contributed by atoms with Crippen LogP contribution in [-0.4, -0.2) is 5.87 Å². The number of benzene rings is 3. The highest BCUT2D eigenvalue weighted by atomic mass is 14.4. The van der Waals surface area contributed by atoms with Crippen molar-refractivity contribution in [3.8, 4) is 48.6 Å². The molecule has 1 aliphatic rings. The highest BCUT2D eigenvalue weighted by Gasteiger charge is 2.35. The molecular weight excluding hydrogens is 414 g/mol. The summed E-state index contributed by atoms with van der Waals surface area (Å²) in [4.78, 5) is 0. The van der Waals surface area contributed by atoms with Gasteiger partial charge in [0.25, 0.3) is 0 Å². The molecule has 0 saturated heterocycles. The molecule has 0 heterocycles. The third kappa shape index (κ3) is 2.03. The van der Waals surface area contributed by atoms with Crippen LogP contribution < -0.4 is 5.22 Å². The minimum Gasteiger partial charge on any atom is -0.258 e. The number of hydrogen-bond acceptors (Lipinski definition) is 9. The average molecular weight is 415 g/mol. The van der Waals surface area contributed by atoms with Crippen LogP contribution in [0.1, 0.15) is 44.5 Å². The molecule has 3 aromatic rings. The minimum atomic E-state index is -0.401. The molecular formula is C24HN9. The summed E-state index contributed by atoms with van der Waals surface area (Å²) in [5, 5.41) is 86.4. The van der Waals surface area contributed by atoms with Crippen molar-refractivity contribution in [1.82, 2.24) is 0 Å². The van der Waals surface area contributed by atoms with Gasteiger partial charge in [-0.1, -0.05) is 0 Å². The quantitative estimate of drug-likeness (QED) is 0.535. The summed E-state index contributed by atoms with van der Waals surface area (Å²) in [6.45, 7) is 0. The monoisotopic (exact) mass is 415 g/mol.